The zero-order valence-electron chi connectivity index (χ0n) is 23.0. The number of pyridine rings is 1. The number of aromatic nitrogens is 1. The number of halogens is 2. The molecule has 0 bridgehead atoms. The molecule has 1 fully saturated rings. The first-order chi connectivity index (χ1) is 19.2. The van der Waals surface area contributed by atoms with E-state index < -0.39 is 23.7 Å². The van der Waals surface area contributed by atoms with Crippen molar-refractivity contribution in [3.8, 4) is 5.75 Å². The van der Waals surface area contributed by atoms with Gasteiger partial charge in [0.15, 0.2) is 0 Å². The van der Waals surface area contributed by atoms with E-state index in [-0.39, 0.29) is 40.8 Å². The molecule has 1 aromatic heterocycles. The van der Waals surface area contributed by atoms with Crippen LogP contribution in [0, 0.1) is 5.82 Å². The first-order valence-electron chi connectivity index (χ1n) is 13.6. The molecule has 1 saturated carbocycles. The van der Waals surface area contributed by atoms with Crippen molar-refractivity contribution < 1.29 is 33.0 Å². The number of amides is 1. The lowest BCUT2D eigenvalue weighted by atomic mass is 9.90. The van der Waals surface area contributed by atoms with Crippen LogP contribution in [0.3, 0.4) is 0 Å². The molecule has 0 N–H and O–H groups in total. The van der Waals surface area contributed by atoms with Crippen LogP contribution in [0.1, 0.15) is 81.1 Å². The van der Waals surface area contributed by atoms with E-state index in [4.69, 9.17) is 25.8 Å². The van der Waals surface area contributed by atoms with E-state index in [2.05, 4.69) is 4.98 Å². The summed E-state index contributed by atoms with van der Waals surface area (Å²) in [6.45, 7) is 3.48. The summed E-state index contributed by atoms with van der Waals surface area (Å²) < 4.78 is 31.8. The number of nitrogens with zero attached hydrogens (tertiary/aromatic N) is 2. The second-order valence-corrected chi connectivity index (χ2v) is 10.7. The zero-order valence-corrected chi connectivity index (χ0v) is 23.8. The molecule has 1 heterocycles. The number of hydrogen-bond donors (Lipinski definition) is 0. The number of anilines is 1. The number of ether oxygens (including phenoxy) is 3. The van der Waals surface area contributed by atoms with Crippen molar-refractivity contribution >= 4 is 35.1 Å². The summed E-state index contributed by atoms with van der Waals surface area (Å²) >= 11 is 6.26. The number of benzene rings is 1. The lowest BCUT2D eigenvalue weighted by Gasteiger charge is -2.28. The predicted molar refractivity (Wildman–Crippen MR) is 148 cm³/mol. The smallest absolute Gasteiger partial charge is 0.339 e. The molecule has 8 nitrogen and oxygen atoms in total. The molecule has 10 heteroatoms. The van der Waals surface area contributed by atoms with E-state index in [1.54, 1.807) is 13.8 Å². The number of rotatable bonds is 9. The van der Waals surface area contributed by atoms with E-state index in [1.165, 1.54) is 36.5 Å². The van der Waals surface area contributed by atoms with Crippen molar-refractivity contribution in [2.45, 2.75) is 84.0 Å². The van der Waals surface area contributed by atoms with Crippen LogP contribution >= 0.6 is 11.6 Å². The quantitative estimate of drug-likeness (QED) is 0.324. The van der Waals surface area contributed by atoms with Gasteiger partial charge in [0.25, 0.3) is 5.91 Å². The standard InChI is InChI=1S/C30H34ClFN2O6/c1-18(2)39-27-14-26(25(32)13-24(27)31)34(17-19-12-20(16-33-15-19)29(36)38-3)28(35)22-10-6-7-11-23(22)30(37)40-21-8-4-5-9-21/h12-16,18,21H,4-11,17H2,1-3H3. The molecule has 0 spiro atoms. The van der Waals surface area contributed by atoms with E-state index in [9.17, 15) is 14.4 Å². The molecule has 2 aromatic rings. The number of esters is 2. The average Bonchev–Trinajstić information content (AvgIpc) is 3.45. The maximum Gasteiger partial charge on any atom is 0.339 e. The first kappa shape index (κ1) is 29.5. The van der Waals surface area contributed by atoms with E-state index in [1.807, 2.05) is 0 Å². The lowest BCUT2D eigenvalue weighted by molar-refractivity contribution is -0.144. The van der Waals surface area contributed by atoms with Crippen molar-refractivity contribution in [1.82, 2.24) is 4.98 Å². The van der Waals surface area contributed by atoms with Crippen LogP contribution in [0.15, 0.2) is 41.7 Å². The third-order valence-corrected chi connectivity index (χ3v) is 7.30. The monoisotopic (exact) mass is 572 g/mol. The summed E-state index contributed by atoms with van der Waals surface area (Å²) in [6.07, 6.45) is 8.29. The molecule has 0 aliphatic heterocycles. The second kappa shape index (κ2) is 13.3. The molecule has 0 atom stereocenters. The Morgan fingerprint density at radius 3 is 2.40 bits per heavy atom. The Morgan fingerprint density at radius 1 is 1.02 bits per heavy atom. The van der Waals surface area contributed by atoms with Gasteiger partial charge in [0.05, 0.1) is 36.0 Å². The topological polar surface area (TPSA) is 95.0 Å². The van der Waals surface area contributed by atoms with Crippen LogP contribution in [0.4, 0.5) is 10.1 Å². The molecule has 2 aliphatic rings. The fraction of sp³-hybridized carbons (Fsp3) is 0.467. The van der Waals surface area contributed by atoms with Gasteiger partial charge in [0.1, 0.15) is 17.7 Å². The van der Waals surface area contributed by atoms with Crippen LogP contribution in [0.25, 0.3) is 0 Å². The molecular weight excluding hydrogens is 539 g/mol. The van der Waals surface area contributed by atoms with Crippen molar-refractivity contribution in [3.05, 3.63) is 63.7 Å². The Balaban J connectivity index is 1.77. The predicted octanol–water partition coefficient (Wildman–Crippen LogP) is 6.34. The summed E-state index contributed by atoms with van der Waals surface area (Å²) in [5.74, 6) is -2.13. The summed E-state index contributed by atoms with van der Waals surface area (Å²) in [4.78, 5) is 44.9. The van der Waals surface area contributed by atoms with Crippen molar-refractivity contribution in [1.29, 1.82) is 0 Å². The van der Waals surface area contributed by atoms with Crippen LogP contribution in [0.5, 0.6) is 5.75 Å². The summed E-state index contributed by atoms with van der Waals surface area (Å²) in [6, 6.07) is 4.01. The number of hydrogen-bond acceptors (Lipinski definition) is 7. The third-order valence-electron chi connectivity index (χ3n) is 7.00. The number of carbonyl (C=O) groups is 3. The summed E-state index contributed by atoms with van der Waals surface area (Å²) in [5, 5.41) is 0.0643. The normalized spacial score (nSPS) is 15.8. The highest BCUT2D eigenvalue weighted by atomic mass is 35.5. The second-order valence-electron chi connectivity index (χ2n) is 10.3. The molecule has 0 saturated heterocycles. The molecule has 0 unspecified atom stereocenters. The van der Waals surface area contributed by atoms with Gasteiger partial charge in [0, 0.05) is 29.6 Å². The van der Waals surface area contributed by atoms with Crippen LogP contribution < -0.4 is 9.64 Å². The molecular formula is C30H34ClFN2O6. The Bertz CT molecular complexity index is 1310. The molecule has 4 rings (SSSR count). The van der Waals surface area contributed by atoms with Gasteiger partial charge in [-0.05, 0) is 82.9 Å². The van der Waals surface area contributed by atoms with Crippen LogP contribution in [-0.4, -0.2) is 42.1 Å². The maximum absolute atomic E-state index is 15.5. The average molecular weight is 573 g/mol. The van der Waals surface area contributed by atoms with Gasteiger partial charge < -0.3 is 19.1 Å². The van der Waals surface area contributed by atoms with Crippen molar-refractivity contribution in [2.75, 3.05) is 12.0 Å². The van der Waals surface area contributed by atoms with Gasteiger partial charge in [-0.25, -0.2) is 14.0 Å². The molecule has 1 amide bonds. The van der Waals surface area contributed by atoms with Gasteiger partial charge in [-0.1, -0.05) is 11.6 Å². The Hall–Kier alpha value is -3.46. The highest BCUT2D eigenvalue weighted by molar-refractivity contribution is 6.32. The fourth-order valence-corrected chi connectivity index (χ4v) is 5.28. The minimum Gasteiger partial charge on any atom is -0.489 e. The molecule has 40 heavy (non-hydrogen) atoms. The number of carbonyl (C=O) groups excluding carboxylic acids is 3. The van der Waals surface area contributed by atoms with Crippen LogP contribution in [-0.2, 0) is 25.6 Å². The molecule has 214 valence electrons. The Morgan fingerprint density at radius 2 is 1.73 bits per heavy atom. The zero-order chi connectivity index (χ0) is 28.8. The summed E-state index contributed by atoms with van der Waals surface area (Å²) in [7, 11) is 1.26. The maximum atomic E-state index is 15.5. The van der Waals surface area contributed by atoms with Gasteiger partial charge in [0.2, 0.25) is 0 Å². The van der Waals surface area contributed by atoms with Gasteiger partial charge in [-0.15, -0.1) is 0 Å². The van der Waals surface area contributed by atoms with Gasteiger partial charge in [-0.2, -0.15) is 0 Å². The fourth-order valence-electron chi connectivity index (χ4n) is 5.08. The van der Waals surface area contributed by atoms with Crippen molar-refractivity contribution in [2.24, 2.45) is 0 Å². The molecule has 0 radical (unpaired) electrons. The SMILES string of the molecule is COC(=O)c1cncc(CN(C(=O)C2=C(C(=O)OC3CCCC3)CCCC2)c2cc(OC(C)C)c(Cl)cc2F)c1. The highest BCUT2D eigenvalue weighted by Crippen LogP contribution is 2.36. The van der Waals surface area contributed by atoms with Crippen molar-refractivity contribution in [3.63, 3.8) is 0 Å². The van der Waals surface area contributed by atoms with Gasteiger partial charge >= 0.3 is 11.9 Å². The number of methoxy groups -OCH3 is 1. The van der Waals surface area contributed by atoms with Crippen LogP contribution in [0.2, 0.25) is 5.02 Å². The molecule has 1 aromatic carbocycles. The van der Waals surface area contributed by atoms with E-state index in [0.717, 1.165) is 38.2 Å². The minimum atomic E-state index is -0.738. The lowest BCUT2D eigenvalue weighted by Crippen LogP contribution is -2.35. The first-order valence-corrected chi connectivity index (χ1v) is 14.0. The molecule has 2 aliphatic carbocycles. The third kappa shape index (κ3) is 6.99. The largest absolute Gasteiger partial charge is 0.489 e. The Kier molecular flexibility index (Phi) is 9.79. The Labute approximate surface area is 238 Å². The van der Waals surface area contributed by atoms with E-state index >= 15 is 4.39 Å². The highest BCUT2D eigenvalue weighted by Gasteiger charge is 2.32. The summed E-state index contributed by atoms with van der Waals surface area (Å²) in [5.41, 5.74) is 1.21. The van der Waals surface area contributed by atoms with E-state index in [0.29, 0.717) is 36.0 Å². The van der Waals surface area contributed by atoms with Gasteiger partial charge in [-0.3, -0.25) is 9.78 Å². The minimum absolute atomic E-state index is 0.0643.